The molecule has 0 bridgehead atoms. The van der Waals surface area contributed by atoms with Crippen molar-refractivity contribution in [2.24, 2.45) is 0 Å². The number of aliphatic hydroxyl groups is 1. The van der Waals surface area contributed by atoms with Gasteiger partial charge in [0.2, 0.25) is 10.0 Å². The van der Waals surface area contributed by atoms with Gasteiger partial charge in [0.15, 0.2) is 0 Å². The molecule has 1 aromatic heterocycles. The second-order valence-corrected chi connectivity index (χ2v) is 7.43. The van der Waals surface area contributed by atoms with Crippen LogP contribution in [0.15, 0.2) is 22.4 Å². The van der Waals surface area contributed by atoms with Crippen LogP contribution in [0, 0.1) is 12.7 Å². The molecule has 9 heteroatoms. The zero-order valence-electron chi connectivity index (χ0n) is 10.9. The molecule has 0 unspecified atom stereocenters. The van der Waals surface area contributed by atoms with Crippen LogP contribution in [0.3, 0.4) is 0 Å². The molecule has 0 radical (unpaired) electrons. The highest BCUT2D eigenvalue weighted by Crippen LogP contribution is 2.24. The molecule has 0 spiro atoms. The van der Waals surface area contributed by atoms with Gasteiger partial charge in [-0.3, -0.25) is 0 Å². The van der Waals surface area contributed by atoms with E-state index in [0.717, 1.165) is 17.1 Å². The highest BCUT2D eigenvalue weighted by molar-refractivity contribution is 7.89. The minimum atomic E-state index is -3.92. The van der Waals surface area contributed by atoms with Crippen molar-refractivity contribution in [3.05, 3.63) is 44.6 Å². The van der Waals surface area contributed by atoms with E-state index in [2.05, 4.69) is 9.71 Å². The Morgan fingerprint density at radius 1 is 1.48 bits per heavy atom. The Labute approximate surface area is 130 Å². The average molecular weight is 351 g/mol. The fourth-order valence-corrected chi connectivity index (χ4v) is 3.47. The number of hydrogen-bond donors (Lipinski definition) is 2. The summed E-state index contributed by atoms with van der Waals surface area (Å²) in [4.78, 5) is 3.84. The van der Waals surface area contributed by atoms with Gasteiger partial charge in [-0.2, -0.15) is 0 Å². The van der Waals surface area contributed by atoms with Gasteiger partial charge in [-0.05, 0) is 19.1 Å². The molecule has 1 heterocycles. The first-order valence-electron chi connectivity index (χ1n) is 5.83. The lowest BCUT2D eigenvalue weighted by molar-refractivity contribution is 0.281. The van der Waals surface area contributed by atoms with Crippen LogP contribution in [-0.4, -0.2) is 18.5 Å². The summed E-state index contributed by atoms with van der Waals surface area (Å²) < 4.78 is 40.1. The predicted octanol–water partition coefficient (Wildman–Crippen LogP) is 2.21. The van der Waals surface area contributed by atoms with Crippen molar-refractivity contribution in [1.82, 2.24) is 9.71 Å². The summed E-state index contributed by atoms with van der Waals surface area (Å²) in [7, 11) is -3.92. The molecule has 0 aliphatic heterocycles. The zero-order valence-corrected chi connectivity index (χ0v) is 13.3. The van der Waals surface area contributed by atoms with Gasteiger partial charge in [0.25, 0.3) is 0 Å². The maximum absolute atomic E-state index is 13.6. The zero-order chi connectivity index (χ0) is 15.6. The minimum Gasteiger partial charge on any atom is -0.392 e. The number of sulfonamides is 1. The molecule has 1 aromatic carbocycles. The van der Waals surface area contributed by atoms with Crippen molar-refractivity contribution < 1.29 is 17.9 Å². The molecule has 0 amide bonds. The third kappa shape index (κ3) is 3.78. The first-order chi connectivity index (χ1) is 9.83. The molecule has 0 aliphatic carbocycles. The molecule has 2 aromatic rings. The molecule has 2 N–H and O–H groups in total. The second kappa shape index (κ2) is 6.37. The summed E-state index contributed by atoms with van der Waals surface area (Å²) in [5, 5.41) is 11.3. The molecular weight excluding hydrogens is 339 g/mol. The third-order valence-electron chi connectivity index (χ3n) is 2.67. The Balaban J connectivity index is 2.25. The van der Waals surface area contributed by atoms with Gasteiger partial charge < -0.3 is 5.11 Å². The number of thiazole rings is 1. The number of nitrogens with one attached hydrogen (secondary N) is 1. The van der Waals surface area contributed by atoms with Crippen LogP contribution in [0.4, 0.5) is 4.39 Å². The van der Waals surface area contributed by atoms with E-state index in [0.29, 0.717) is 5.69 Å². The van der Waals surface area contributed by atoms with Crippen LogP contribution in [0.2, 0.25) is 5.02 Å². The number of aromatic nitrogens is 1. The van der Waals surface area contributed by atoms with E-state index < -0.39 is 22.4 Å². The number of hydrogen-bond acceptors (Lipinski definition) is 5. The van der Waals surface area contributed by atoms with Crippen molar-refractivity contribution >= 4 is 33.0 Å². The first kappa shape index (κ1) is 16.3. The quantitative estimate of drug-likeness (QED) is 0.866. The summed E-state index contributed by atoms with van der Waals surface area (Å²) in [6, 6.07) is 1.95. The average Bonchev–Trinajstić information content (AvgIpc) is 2.85. The molecule has 0 atom stereocenters. The van der Waals surface area contributed by atoms with E-state index in [9.17, 15) is 12.8 Å². The van der Waals surface area contributed by atoms with E-state index in [1.54, 1.807) is 5.38 Å². The van der Waals surface area contributed by atoms with E-state index in [4.69, 9.17) is 16.7 Å². The Hall–Kier alpha value is -1.06. The van der Waals surface area contributed by atoms with Gasteiger partial charge in [0.1, 0.15) is 5.82 Å². The number of rotatable bonds is 5. The minimum absolute atomic E-state index is 0.00533. The number of benzene rings is 1. The molecule has 0 saturated heterocycles. The highest BCUT2D eigenvalue weighted by Gasteiger charge is 2.19. The molecule has 2 rings (SSSR count). The molecule has 0 saturated carbocycles. The van der Waals surface area contributed by atoms with Crippen LogP contribution < -0.4 is 4.72 Å². The Morgan fingerprint density at radius 3 is 2.76 bits per heavy atom. The molecule has 21 heavy (non-hydrogen) atoms. The SMILES string of the molecule is Cc1nc(CNS(=O)(=O)c2cc(F)c(Cl)c(CO)c2)cs1. The van der Waals surface area contributed by atoms with Crippen molar-refractivity contribution in [1.29, 1.82) is 0 Å². The normalized spacial score (nSPS) is 11.8. The molecule has 114 valence electrons. The van der Waals surface area contributed by atoms with Crippen LogP contribution in [-0.2, 0) is 23.2 Å². The van der Waals surface area contributed by atoms with Crippen molar-refractivity contribution in [3.8, 4) is 0 Å². The predicted molar refractivity (Wildman–Crippen MR) is 78.2 cm³/mol. The summed E-state index contributed by atoms with van der Waals surface area (Å²) in [5.74, 6) is -0.895. The topological polar surface area (TPSA) is 79.3 Å². The highest BCUT2D eigenvalue weighted by atomic mass is 35.5. The second-order valence-electron chi connectivity index (χ2n) is 4.22. The first-order valence-corrected chi connectivity index (χ1v) is 8.57. The lowest BCUT2D eigenvalue weighted by atomic mass is 10.2. The lowest BCUT2D eigenvalue weighted by Gasteiger charge is -2.09. The fraction of sp³-hybridized carbons (Fsp3) is 0.250. The Kier molecular flexibility index (Phi) is 4.95. The van der Waals surface area contributed by atoms with Crippen LogP contribution >= 0.6 is 22.9 Å². The van der Waals surface area contributed by atoms with Gasteiger partial charge in [-0.15, -0.1) is 11.3 Å². The Morgan fingerprint density at radius 2 is 2.19 bits per heavy atom. The molecule has 5 nitrogen and oxygen atoms in total. The summed E-state index contributed by atoms with van der Waals surface area (Å²) in [5.41, 5.74) is 0.597. The van der Waals surface area contributed by atoms with E-state index in [-0.39, 0.29) is 22.0 Å². The molecule has 0 fully saturated rings. The third-order valence-corrected chi connectivity index (χ3v) is 5.29. The maximum atomic E-state index is 13.6. The van der Waals surface area contributed by atoms with E-state index in [1.165, 1.54) is 11.3 Å². The van der Waals surface area contributed by atoms with Gasteiger partial charge in [-0.25, -0.2) is 22.5 Å². The number of aryl methyl sites for hydroxylation is 1. The van der Waals surface area contributed by atoms with E-state index >= 15 is 0 Å². The van der Waals surface area contributed by atoms with Gasteiger partial charge >= 0.3 is 0 Å². The van der Waals surface area contributed by atoms with Gasteiger partial charge in [0, 0.05) is 10.9 Å². The molecule has 0 aliphatic rings. The smallest absolute Gasteiger partial charge is 0.241 e. The van der Waals surface area contributed by atoms with Crippen LogP contribution in [0.1, 0.15) is 16.3 Å². The van der Waals surface area contributed by atoms with Gasteiger partial charge in [-0.1, -0.05) is 11.6 Å². The van der Waals surface area contributed by atoms with Gasteiger partial charge in [0.05, 0.1) is 33.8 Å². The summed E-state index contributed by atoms with van der Waals surface area (Å²) >= 11 is 7.04. The number of aliphatic hydroxyl groups excluding tert-OH is 1. The van der Waals surface area contributed by atoms with Crippen LogP contribution in [0.5, 0.6) is 0 Å². The van der Waals surface area contributed by atoms with Crippen LogP contribution in [0.25, 0.3) is 0 Å². The Bertz CT molecular complexity index is 762. The summed E-state index contributed by atoms with van der Waals surface area (Å²) in [6.45, 7) is 1.26. The van der Waals surface area contributed by atoms with E-state index in [1.807, 2.05) is 6.92 Å². The molecular formula is C12H12ClFN2O3S2. The van der Waals surface area contributed by atoms with Crippen molar-refractivity contribution in [2.45, 2.75) is 25.0 Å². The maximum Gasteiger partial charge on any atom is 0.241 e. The van der Waals surface area contributed by atoms with Crippen molar-refractivity contribution in [3.63, 3.8) is 0 Å². The lowest BCUT2D eigenvalue weighted by Crippen LogP contribution is -2.23. The fourth-order valence-electron chi connectivity index (χ4n) is 1.63. The number of halogens is 2. The largest absolute Gasteiger partial charge is 0.392 e. The summed E-state index contributed by atoms with van der Waals surface area (Å²) in [6.07, 6.45) is 0. The number of nitrogens with zero attached hydrogens (tertiary/aromatic N) is 1. The monoisotopic (exact) mass is 350 g/mol. The van der Waals surface area contributed by atoms with Crippen molar-refractivity contribution in [2.75, 3.05) is 0 Å². The standard InChI is InChI=1S/C12H12ClFN2O3S2/c1-7-16-9(6-20-7)4-15-21(18,19)10-2-8(5-17)12(13)11(14)3-10/h2-3,6,15,17H,4-5H2,1H3.